The van der Waals surface area contributed by atoms with E-state index >= 15 is 0 Å². The van der Waals surface area contributed by atoms with Crippen LogP contribution in [0, 0.1) is 0 Å². The number of hydrogen-bond acceptors (Lipinski definition) is 3. The second-order valence-corrected chi connectivity index (χ2v) is 5.96. The highest BCUT2D eigenvalue weighted by atomic mass is 15.3. The van der Waals surface area contributed by atoms with Crippen LogP contribution in [0.4, 0.5) is 0 Å². The van der Waals surface area contributed by atoms with E-state index in [-0.39, 0.29) is 0 Å². The van der Waals surface area contributed by atoms with Crippen LogP contribution in [0.3, 0.4) is 0 Å². The third-order valence-electron chi connectivity index (χ3n) is 4.73. The Morgan fingerprint density at radius 2 is 1.78 bits per heavy atom. The summed E-state index contributed by atoms with van der Waals surface area (Å²) in [5, 5.41) is 3.54. The number of hydrogen-bond donors (Lipinski definition) is 1. The van der Waals surface area contributed by atoms with Gasteiger partial charge in [0.15, 0.2) is 0 Å². The van der Waals surface area contributed by atoms with Crippen molar-refractivity contribution in [3.05, 3.63) is 0 Å². The van der Waals surface area contributed by atoms with E-state index in [9.17, 15) is 0 Å². The summed E-state index contributed by atoms with van der Waals surface area (Å²) in [6, 6.07) is 2.35. The molecule has 2 aliphatic rings. The van der Waals surface area contributed by atoms with Crippen LogP contribution >= 0.6 is 0 Å². The van der Waals surface area contributed by atoms with Crippen LogP contribution in [0.2, 0.25) is 0 Å². The predicted molar refractivity (Wildman–Crippen MR) is 78.0 cm³/mol. The number of piperazine rings is 1. The minimum absolute atomic E-state index is 0.674. The second-order valence-electron chi connectivity index (χ2n) is 5.96. The van der Waals surface area contributed by atoms with Gasteiger partial charge in [-0.1, -0.05) is 20.3 Å². The maximum atomic E-state index is 3.54. The van der Waals surface area contributed by atoms with Gasteiger partial charge in [-0.05, 0) is 32.7 Å². The summed E-state index contributed by atoms with van der Waals surface area (Å²) < 4.78 is 0. The van der Waals surface area contributed by atoms with Crippen LogP contribution in [-0.2, 0) is 0 Å². The third-order valence-corrected chi connectivity index (χ3v) is 4.73. The zero-order chi connectivity index (χ0) is 13.0. The molecule has 0 radical (unpaired) electrons. The summed E-state index contributed by atoms with van der Waals surface area (Å²) in [4.78, 5) is 5.44. The summed E-state index contributed by atoms with van der Waals surface area (Å²) in [6.45, 7) is 9.78. The molecule has 1 aliphatic carbocycles. The van der Waals surface area contributed by atoms with Gasteiger partial charge in [-0.15, -0.1) is 0 Å². The second kappa shape index (κ2) is 6.88. The Morgan fingerprint density at radius 1 is 1.11 bits per heavy atom. The number of likely N-dealkylation sites (N-methyl/N-ethyl adjacent to an activating group) is 1. The van der Waals surface area contributed by atoms with Gasteiger partial charge in [0.1, 0.15) is 0 Å². The van der Waals surface area contributed by atoms with Crippen molar-refractivity contribution in [2.24, 2.45) is 0 Å². The van der Waals surface area contributed by atoms with Gasteiger partial charge < -0.3 is 5.32 Å². The standard InChI is InChI=1S/C15H31N3/c1-4-6-14(16-3)15(5-2)18-11-9-17(10-12-18)13-7-8-13/h13-16H,4-12H2,1-3H3. The zero-order valence-electron chi connectivity index (χ0n) is 12.5. The fourth-order valence-corrected chi connectivity index (χ4v) is 3.51. The van der Waals surface area contributed by atoms with Crippen molar-refractivity contribution < 1.29 is 0 Å². The molecule has 2 rings (SSSR count). The van der Waals surface area contributed by atoms with Gasteiger partial charge in [0, 0.05) is 44.3 Å². The van der Waals surface area contributed by atoms with Gasteiger partial charge >= 0.3 is 0 Å². The summed E-state index contributed by atoms with van der Waals surface area (Å²) in [7, 11) is 2.13. The summed E-state index contributed by atoms with van der Waals surface area (Å²) in [5.41, 5.74) is 0. The van der Waals surface area contributed by atoms with Crippen LogP contribution in [0.5, 0.6) is 0 Å². The van der Waals surface area contributed by atoms with Crippen molar-refractivity contribution in [3.63, 3.8) is 0 Å². The molecule has 3 heteroatoms. The Morgan fingerprint density at radius 3 is 2.22 bits per heavy atom. The van der Waals surface area contributed by atoms with Crippen LogP contribution in [0.25, 0.3) is 0 Å². The Bertz CT molecular complexity index is 232. The average Bonchev–Trinajstić information content (AvgIpc) is 3.23. The minimum Gasteiger partial charge on any atom is -0.315 e. The molecular formula is C15H31N3. The topological polar surface area (TPSA) is 18.5 Å². The minimum atomic E-state index is 0.674. The first kappa shape index (κ1) is 14.3. The Labute approximate surface area is 113 Å². The molecule has 1 saturated carbocycles. The molecule has 0 amide bonds. The molecule has 0 aromatic carbocycles. The Kier molecular flexibility index (Phi) is 5.46. The van der Waals surface area contributed by atoms with Crippen molar-refractivity contribution in [1.82, 2.24) is 15.1 Å². The van der Waals surface area contributed by atoms with E-state index in [1.807, 2.05) is 0 Å². The molecule has 2 fully saturated rings. The molecular weight excluding hydrogens is 222 g/mol. The van der Waals surface area contributed by atoms with Gasteiger partial charge in [0.2, 0.25) is 0 Å². The molecule has 3 nitrogen and oxygen atoms in total. The molecule has 0 bridgehead atoms. The van der Waals surface area contributed by atoms with Crippen molar-refractivity contribution in [2.45, 2.75) is 64.1 Å². The van der Waals surface area contributed by atoms with Crippen LogP contribution in [0.15, 0.2) is 0 Å². The van der Waals surface area contributed by atoms with Crippen molar-refractivity contribution >= 4 is 0 Å². The number of nitrogens with zero attached hydrogens (tertiary/aromatic N) is 2. The first-order valence-corrected chi connectivity index (χ1v) is 7.95. The first-order valence-electron chi connectivity index (χ1n) is 7.95. The van der Waals surface area contributed by atoms with Crippen molar-refractivity contribution in [2.75, 3.05) is 33.2 Å². The van der Waals surface area contributed by atoms with E-state index in [2.05, 4.69) is 36.0 Å². The smallest absolute Gasteiger partial charge is 0.0247 e. The molecule has 106 valence electrons. The average molecular weight is 253 g/mol. The fourth-order valence-electron chi connectivity index (χ4n) is 3.51. The van der Waals surface area contributed by atoms with E-state index in [0.29, 0.717) is 6.04 Å². The van der Waals surface area contributed by atoms with E-state index in [4.69, 9.17) is 0 Å². The first-order chi connectivity index (χ1) is 8.80. The lowest BCUT2D eigenvalue weighted by Crippen LogP contribution is -2.56. The van der Waals surface area contributed by atoms with Crippen molar-refractivity contribution in [3.8, 4) is 0 Å². The zero-order valence-corrected chi connectivity index (χ0v) is 12.5. The van der Waals surface area contributed by atoms with Gasteiger partial charge in [-0.25, -0.2) is 0 Å². The highest BCUT2D eigenvalue weighted by Crippen LogP contribution is 2.28. The van der Waals surface area contributed by atoms with Gasteiger partial charge in [0.05, 0.1) is 0 Å². The van der Waals surface area contributed by atoms with Crippen LogP contribution in [-0.4, -0.2) is 61.2 Å². The summed E-state index contributed by atoms with van der Waals surface area (Å²) >= 11 is 0. The molecule has 1 N–H and O–H groups in total. The molecule has 0 aromatic rings. The molecule has 18 heavy (non-hydrogen) atoms. The molecule has 0 spiro atoms. The van der Waals surface area contributed by atoms with Crippen LogP contribution in [0.1, 0.15) is 46.0 Å². The lowest BCUT2D eigenvalue weighted by molar-refractivity contribution is 0.0719. The van der Waals surface area contributed by atoms with Crippen LogP contribution < -0.4 is 5.32 Å². The SMILES string of the molecule is CCCC(NC)C(CC)N1CCN(C2CC2)CC1. The normalized spacial score (nSPS) is 26.2. The third kappa shape index (κ3) is 3.46. The number of nitrogens with one attached hydrogen (secondary N) is 1. The molecule has 2 atom stereocenters. The van der Waals surface area contributed by atoms with Crippen molar-refractivity contribution in [1.29, 1.82) is 0 Å². The van der Waals surface area contributed by atoms with Gasteiger partial charge in [-0.3, -0.25) is 9.80 Å². The number of rotatable bonds is 7. The van der Waals surface area contributed by atoms with E-state index in [0.717, 1.165) is 12.1 Å². The highest BCUT2D eigenvalue weighted by molar-refractivity contribution is 4.91. The molecule has 1 aliphatic heterocycles. The van der Waals surface area contributed by atoms with E-state index < -0.39 is 0 Å². The van der Waals surface area contributed by atoms with Gasteiger partial charge in [0.25, 0.3) is 0 Å². The molecule has 1 saturated heterocycles. The Hall–Kier alpha value is -0.120. The maximum absolute atomic E-state index is 3.54. The predicted octanol–water partition coefficient (Wildman–Crippen LogP) is 1.93. The quantitative estimate of drug-likeness (QED) is 0.748. The lowest BCUT2D eigenvalue weighted by Gasteiger charge is -2.42. The van der Waals surface area contributed by atoms with E-state index in [1.165, 1.54) is 58.3 Å². The molecule has 2 unspecified atom stereocenters. The summed E-state index contributed by atoms with van der Waals surface area (Å²) in [5.74, 6) is 0. The monoisotopic (exact) mass is 253 g/mol. The van der Waals surface area contributed by atoms with E-state index in [1.54, 1.807) is 0 Å². The molecule has 0 aromatic heterocycles. The summed E-state index contributed by atoms with van der Waals surface area (Å²) in [6.07, 6.45) is 6.76. The largest absolute Gasteiger partial charge is 0.315 e. The highest BCUT2D eigenvalue weighted by Gasteiger charge is 2.33. The maximum Gasteiger partial charge on any atom is 0.0247 e. The lowest BCUT2D eigenvalue weighted by atomic mass is 9.98. The molecule has 1 heterocycles. The Balaban J connectivity index is 1.83. The fraction of sp³-hybridized carbons (Fsp3) is 1.00. The van der Waals surface area contributed by atoms with Gasteiger partial charge in [-0.2, -0.15) is 0 Å².